The average molecular weight is 306 g/mol. The van der Waals surface area contributed by atoms with Crippen LogP contribution in [0, 0.1) is 10.1 Å². The van der Waals surface area contributed by atoms with Gasteiger partial charge in [0.25, 0.3) is 0 Å². The predicted molar refractivity (Wildman–Crippen MR) is 67.9 cm³/mol. The Morgan fingerprint density at radius 2 is 1.81 bits per heavy atom. The van der Waals surface area contributed by atoms with E-state index >= 15 is 0 Å². The van der Waals surface area contributed by atoms with E-state index in [0.29, 0.717) is 0 Å². The van der Waals surface area contributed by atoms with Crippen LogP contribution in [0.1, 0.15) is 0 Å². The number of aliphatic hydroxyl groups excluding tert-OH is 4. The third-order valence-corrected chi connectivity index (χ3v) is 2.56. The lowest BCUT2D eigenvalue weighted by atomic mass is 10.1. The van der Waals surface area contributed by atoms with E-state index in [4.69, 9.17) is 10.2 Å². The normalized spacial score (nSPS) is 15.2. The minimum atomic E-state index is -1.73. The molecule has 12 heteroatoms. The largest absolute Gasteiger partial charge is 0.394 e. The van der Waals surface area contributed by atoms with E-state index < -0.39 is 59.1 Å². The van der Waals surface area contributed by atoms with E-state index in [0.717, 1.165) is 0 Å². The standard InChI is InChI=1S/C9H14N4O8/c14-2-4(16)6(17)3(15)1-10-7-5(13(20)21)8(18)12-9(19)11-7/h3-4,6,14-17H,1-2H2,(H3,10,11,12,18,19)/t3-,4+,6+/m0/s1. The van der Waals surface area contributed by atoms with Gasteiger partial charge >= 0.3 is 16.9 Å². The lowest BCUT2D eigenvalue weighted by Gasteiger charge is -2.21. The first-order chi connectivity index (χ1) is 9.77. The maximum atomic E-state index is 11.3. The van der Waals surface area contributed by atoms with Gasteiger partial charge in [0.2, 0.25) is 0 Å². The van der Waals surface area contributed by atoms with Gasteiger partial charge in [-0.05, 0) is 0 Å². The summed E-state index contributed by atoms with van der Waals surface area (Å²) in [4.78, 5) is 35.7. The molecule has 0 amide bonds. The van der Waals surface area contributed by atoms with Gasteiger partial charge in [0.1, 0.15) is 12.2 Å². The van der Waals surface area contributed by atoms with Crippen LogP contribution in [0.3, 0.4) is 0 Å². The van der Waals surface area contributed by atoms with Gasteiger partial charge in [-0.2, -0.15) is 0 Å². The molecule has 1 aromatic rings. The summed E-state index contributed by atoms with van der Waals surface area (Å²) in [5.74, 6) is -0.557. The van der Waals surface area contributed by atoms with Crippen LogP contribution in [-0.2, 0) is 0 Å². The van der Waals surface area contributed by atoms with Gasteiger partial charge < -0.3 is 25.7 Å². The lowest BCUT2D eigenvalue weighted by molar-refractivity contribution is -0.385. The van der Waals surface area contributed by atoms with E-state index in [1.165, 1.54) is 0 Å². The molecule has 0 saturated carbocycles. The van der Waals surface area contributed by atoms with E-state index in [1.54, 1.807) is 4.98 Å². The van der Waals surface area contributed by atoms with Gasteiger partial charge in [0.15, 0.2) is 5.82 Å². The van der Waals surface area contributed by atoms with Gasteiger partial charge in [0.05, 0.1) is 17.6 Å². The second-order valence-electron chi connectivity index (χ2n) is 4.08. The zero-order chi connectivity index (χ0) is 16.2. The molecule has 118 valence electrons. The first-order valence-electron chi connectivity index (χ1n) is 5.67. The topological polar surface area (TPSA) is 202 Å². The number of aromatic amines is 2. The number of nitrogens with one attached hydrogen (secondary N) is 3. The number of nitro groups is 1. The van der Waals surface area contributed by atoms with Gasteiger partial charge in [-0.15, -0.1) is 0 Å². The van der Waals surface area contributed by atoms with Gasteiger partial charge in [-0.1, -0.05) is 0 Å². The van der Waals surface area contributed by atoms with Crippen molar-refractivity contribution in [1.29, 1.82) is 0 Å². The fraction of sp³-hybridized carbons (Fsp3) is 0.556. The molecule has 0 unspecified atom stereocenters. The maximum Gasteiger partial charge on any atom is 0.373 e. The molecule has 0 saturated heterocycles. The van der Waals surface area contributed by atoms with Crippen molar-refractivity contribution < 1.29 is 25.3 Å². The molecule has 0 radical (unpaired) electrons. The molecule has 0 aliphatic rings. The Morgan fingerprint density at radius 1 is 1.19 bits per heavy atom. The first-order valence-corrected chi connectivity index (χ1v) is 5.67. The second kappa shape index (κ2) is 6.94. The SMILES string of the molecule is O=c1[nH]c(NC[C@H](O)[C@@H](O)[C@H](O)CO)c([N+](=O)[O-])c(=O)[nH]1. The number of hydrogen-bond donors (Lipinski definition) is 7. The van der Waals surface area contributed by atoms with Crippen molar-refractivity contribution in [1.82, 2.24) is 9.97 Å². The molecular formula is C9H14N4O8. The van der Waals surface area contributed by atoms with Crippen molar-refractivity contribution in [3.8, 4) is 0 Å². The van der Waals surface area contributed by atoms with Crippen LogP contribution in [0.15, 0.2) is 9.59 Å². The van der Waals surface area contributed by atoms with Crippen LogP contribution in [-0.4, -0.2) is 66.8 Å². The molecule has 1 heterocycles. The third-order valence-electron chi connectivity index (χ3n) is 2.56. The molecule has 0 fully saturated rings. The zero-order valence-corrected chi connectivity index (χ0v) is 10.5. The number of aromatic nitrogens is 2. The quantitative estimate of drug-likeness (QED) is 0.196. The van der Waals surface area contributed by atoms with Crippen molar-refractivity contribution >= 4 is 11.5 Å². The molecular weight excluding hydrogens is 292 g/mol. The van der Waals surface area contributed by atoms with Crippen molar-refractivity contribution in [2.24, 2.45) is 0 Å². The number of nitrogens with zero attached hydrogens (tertiary/aromatic N) is 1. The Labute approximate surface area is 115 Å². The van der Waals surface area contributed by atoms with Gasteiger partial charge in [-0.25, -0.2) is 4.79 Å². The summed E-state index contributed by atoms with van der Waals surface area (Å²) < 4.78 is 0. The number of anilines is 1. The lowest BCUT2D eigenvalue weighted by Crippen LogP contribution is -2.43. The highest BCUT2D eigenvalue weighted by atomic mass is 16.6. The van der Waals surface area contributed by atoms with Crippen molar-refractivity contribution in [3.05, 3.63) is 31.0 Å². The zero-order valence-electron chi connectivity index (χ0n) is 10.5. The van der Waals surface area contributed by atoms with Crippen molar-refractivity contribution in [3.63, 3.8) is 0 Å². The molecule has 12 nitrogen and oxygen atoms in total. The second-order valence-corrected chi connectivity index (χ2v) is 4.08. The third kappa shape index (κ3) is 4.09. The van der Waals surface area contributed by atoms with E-state index in [-0.39, 0.29) is 0 Å². The summed E-state index contributed by atoms with van der Waals surface area (Å²) in [5, 5.41) is 49.6. The minimum absolute atomic E-state index is 0.529. The highest BCUT2D eigenvalue weighted by Crippen LogP contribution is 2.14. The maximum absolute atomic E-state index is 11.3. The predicted octanol–water partition coefficient (Wildman–Crippen LogP) is -3.54. The van der Waals surface area contributed by atoms with Crippen LogP contribution in [0.25, 0.3) is 0 Å². The molecule has 7 N–H and O–H groups in total. The molecule has 3 atom stereocenters. The van der Waals surface area contributed by atoms with Crippen LogP contribution in [0.5, 0.6) is 0 Å². The molecule has 1 aromatic heterocycles. The summed E-state index contributed by atoms with van der Waals surface area (Å²) in [6, 6.07) is 0. The van der Waals surface area contributed by atoms with Gasteiger partial charge in [0, 0.05) is 6.54 Å². The Bertz CT molecular complexity index is 611. The summed E-state index contributed by atoms with van der Waals surface area (Å²) in [6.07, 6.45) is -4.96. The average Bonchev–Trinajstić information content (AvgIpc) is 2.41. The molecule has 0 bridgehead atoms. The minimum Gasteiger partial charge on any atom is -0.394 e. The number of rotatable bonds is 7. The summed E-state index contributed by atoms with van der Waals surface area (Å²) in [5.41, 5.74) is -3.21. The molecule has 21 heavy (non-hydrogen) atoms. The van der Waals surface area contributed by atoms with E-state index in [9.17, 15) is 29.9 Å². The van der Waals surface area contributed by atoms with E-state index in [1.807, 2.05) is 4.98 Å². The number of H-pyrrole nitrogens is 2. The molecule has 0 spiro atoms. The number of hydrogen-bond acceptors (Lipinski definition) is 9. The van der Waals surface area contributed by atoms with Crippen LogP contribution in [0.4, 0.5) is 11.5 Å². The van der Waals surface area contributed by atoms with Crippen LogP contribution in [0.2, 0.25) is 0 Å². The van der Waals surface area contributed by atoms with Crippen LogP contribution >= 0.6 is 0 Å². The highest BCUT2D eigenvalue weighted by molar-refractivity contribution is 5.53. The smallest absolute Gasteiger partial charge is 0.373 e. The highest BCUT2D eigenvalue weighted by Gasteiger charge is 2.26. The Hall–Kier alpha value is -2.28. The first kappa shape index (κ1) is 16.8. The fourth-order valence-corrected chi connectivity index (χ4v) is 1.47. The van der Waals surface area contributed by atoms with Crippen molar-refractivity contribution in [2.75, 3.05) is 18.5 Å². The molecule has 0 aromatic carbocycles. The summed E-state index contributed by atoms with van der Waals surface area (Å²) in [7, 11) is 0. The summed E-state index contributed by atoms with van der Waals surface area (Å²) in [6.45, 7) is -1.33. The monoisotopic (exact) mass is 306 g/mol. The Balaban J connectivity index is 2.92. The van der Waals surface area contributed by atoms with E-state index in [2.05, 4.69) is 5.32 Å². The Kier molecular flexibility index (Phi) is 5.54. The molecule has 1 rings (SSSR count). The molecule has 0 aliphatic carbocycles. The Morgan fingerprint density at radius 3 is 2.33 bits per heavy atom. The van der Waals surface area contributed by atoms with Crippen molar-refractivity contribution in [2.45, 2.75) is 18.3 Å². The molecule has 0 aliphatic heterocycles. The van der Waals surface area contributed by atoms with Gasteiger partial charge in [-0.3, -0.25) is 24.9 Å². The van der Waals surface area contributed by atoms with Crippen LogP contribution < -0.4 is 16.6 Å². The fourth-order valence-electron chi connectivity index (χ4n) is 1.47. The summed E-state index contributed by atoms with van der Waals surface area (Å²) >= 11 is 0. The number of aliphatic hydroxyl groups is 4.